The van der Waals surface area contributed by atoms with Crippen LogP contribution in [0.4, 0.5) is 0 Å². The van der Waals surface area contributed by atoms with Gasteiger partial charge < -0.3 is 19.7 Å². The van der Waals surface area contributed by atoms with Gasteiger partial charge in [0.05, 0.1) is 5.60 Å². The molecule has 2 N–H and O–H groups in total. The second-order valence-electron chi connectivity index (χ2n) is 5.77. The molecule has 112 valence electrons. The summed E-state index contributed by atoms with van der Waals surface area (Å²) in [5.74, 6) is 1.16. The Morgan fingerprint density at radius 2 is 2.50 bits per heavy atom. The lowest BCUT2D eigenvalue weighted by atomic mass is 9.79. The molecular formula is C14H22N2O4. The van der Waals surface area contributed by atoms with Gasteiger partial charge >= 0.3 is 0 Å². The van der Waals surface area contributed by atoms with Crippen LogP contribution in [0, 0.1) is 12.8 Å². The van der Waals surface area contributed by atoms with Crippen LogP contribution in [0.1, 0.15) is 38.4 Å². The Hall–Kier alpha value is -1.56. The van der Waals surface area contributed by atoms with Crippen molar-refractivity contribution in [3.8, 4) is 5.88 Å². The minimum Gasteiger partial charge on any atom is -0.465 e. The highest BCUT2D eigenvalue weighted by Crippen LogP contribution is 2.31. The molecule has 0 aliphatic heterocycles. The van der Waals surface area contributed by atoms with Crippen molar-refractivity contribution in [2.24, 2.45) is 5.92 Å². The SMILES string of the molecule is Cc1cc(OCC(=O)NCC2(O)CCCC(C)C2)no1. The Morgan fingerprint density at radius 3 is 3.15 bits per heavy atom. The number of amides is 1. The van der Waals surface area contributed by atoms with Crippen LogP contribution in [-0.4, -0.2) is 34.9 Å². The van der Waals surface area contributed by atoms with E-state index < -0.39 is 5.60 Å². The summed E-state index contributed by atoms with van der Waals surface area (Å²) in [6.45, 7) is 4.02. The number of nitrogens with zero attached hydrogens (tertiary/aromatic N) is 1. The summed E-state index contributed by atoms with van der Waals surface area (Å²) in [5.41, 5.74) is -0.780. The summed E-state index contributed by atoms with van der Waals surface area (Å²) in [6.07, 6.45) is 3.62. The van der Waals surface area contributed by atoms with Crippen molar-refractivity contribution in [1.29, 1.82) is 0 Å². The van der Waals surface area contributed by atoms with Gasteiger partial charge in [0.2, 0.25) is 0 Å². The van der Waals surface area contributed by atoms with Crippen molar-refractivity contribution in [2.45, 2.75) is 45.1 Å². The van der Waals surface area contributed by atoms with Gasteiger partial charge in [-0.05, 0) is 30.8 Å². The summed E-state index contributed by atoms with van der Waals surface area (Å²) in [4.78, 5) is 11.7. The van der Waals surface area contributed by atoms with Crippen LogP contribution < -0.4 is 10.1 Å². The zero-order chi connectivity index (χ0) is 14.6. The van der Waals surface area contributed by atoms with E-state index in [-0.39, 0.29) is 19.1 Å². The highest BCUT2D eigenvalue weighted by molar-refractivity contribution is 5.77. The topological polar surface area (TPSA) is 84.6 Å². The smallest absolute Gasteiger partial charge is 0.258 e. The number of hydrogen-bond acceptors (Lipinski definition) is 5. The molecule has 6 heteroatoms. The first-order valence-corrected chi connectivity index (χ1v) is 7.02. The van der Waals surface area contributed by atoms with Gasteiger partial charge in [0.25, 0.3) is 11.8 Å². The van der Waals surface area contributed by atoms with Gasteiger partial charge in [0, 0.05) is 12.6 Å². The number of aryl methyl sites for hydroxylation is 1. The fraction of sp³-hybridized carbons (Fsp3) is 0.714. The van der Waals surface area contributed by atoms with Crippen LogP contribution in [0.2, 0.25) is 0 Å². The molecule has 0 saturated heterocycles. The maximum absolute atomic E-state index is 11.7. The predicted octanol–water partition coefficient (Wildman–Crippen LogP) is 1.42. The van der Waals surface area contributed by atoms with E-state index in [0.29, 0.717) is 17.6 Å². The van der Waals surface area contributed by atoms with Gasteiger partial charge in [0.15, 0.2) is 6.61 Å². The van der Waals surface area contributed by atoms with Gasteiger partial charge in [-0.15, -0.1) is 0 Å². The zero-order valence-electron chi connectivity index (χ0n) is 12.0. The van der Waals surface area contributed by atoms with Crippen LogP contribution in [0.3, 0.4) is 0 Å². The minimum absolute atomic E-state index is 0.127. The Balaban J connectivity index is 1.72. The molecule has 1 aliphatic carbocycles. The summed E-state index contributed by atoms with van der Waals surface area (Å²) < 4.78 is 10.0. The average molecular weight is 282 g/mol. The molecule has 2 atom stereocenters. The quantitative estimate of drug-likeness (QED) is 0.853. The van der Waals surface area contributed by atoms with E-state index >= 15 is 0 Å². The second kappa shape index (κ2) is 6.26. The third-order valence-corrected chi connectivity index (χ3v) is 3.64. The van der Waals surface area contributed by atoms with E-state index in [1.165, 1.54) is 0 Å². The number of ether oxygens (including phenoxy) is 1. The highest BCUT2D eigenvalue weighted by atomic mass is 16.5. The largest absolute Gasteiger partial charge is 0.465 e. The van der Waals surface area contributed by atoms with Gasteiger partial charge in [0.1, 0.15) is 5.76 Å². The predicted molar refractivity (Wildman–Crippen MR) is 72.3 cm³/mol. The van der Waals surface area contributed by atoms with Gasteiger partial charge in [-0.2, -0.15) is 0 Å². The maximum atomic E-state index is 11.7. The van der Waals surface area contributed by atoms with Crippen molar-refractivity contribution in [2.75, 3.05) is 13.2 Å². The molecule has 2 unspecified atom stereocenters. The Labute approximate surface area is 118 Å². The molecule has 0 aromatic carbocycles. The van der Waals surface area contributed by atoms with E-state index in [4.69, 9.17) is 9.26 Å². The maximum Gasteiger partial charge on any atom is 0.258 e. The molecule has 1 aromatic rings. The lowest BCUT2D eigenvalue weighted by Gasteiger charge is -2.35. The first-order valence-electron chi connectivity index (χ1n) is 7.02. The van der Waals surface area contributed by atoms with E-state index in [2.05, 4.69) is 17.4 Å². The standard InChI is InChI=1S/C14H22N2O4/c1-10-4-3-5-14(18,7-10)9-15-12(17)8-19-13-6-11(2)20-16-13/h6,10,18H,3-5,7-9H2,1-2H3,(H,15,17). The fourth-order valence-corrected chi connectivity index (χ4v) is 2.66. The number of aromatic nitrogens is 1. The molecule has 6 nitrogen and oxygen atoms in total. The molecule has 1 aliphatic rings. The number of carbonyl (C=O) groups is 1. The van der Waals surface area contributed by atoms with Gasteiger partial charge in [-0.1, -0.05) is 19.8 Å². The Bertz CT molecular complexity index is 460. The molecule has 0 spiro atoms. The fourth-order valence-electron chi connectivity index (χ4n) is 2.66. The second-order valence-corrected chi connectivity index (χ2v) is 5.77. The first kappa shape index (κ1) is 14.8. The number of aliphatic hydroxyl groups is 1. The molecule has 0 radical (unpaired) electrons. The monoisotopic (exact) mass is 282 g/mol. The van der Waals surface area contributed by atoms with Crippen molar-refractivity contribution < 1.29 is 19.2 Å². The van der Waals surface area contributed by atoms with Crippen LogP contribution in [0.25, 0.3) is 0 Å². The van der Waals surface area contributed by atoms with Crippen LogP contribution in [0.15, 0.2) is 10.6 Å². The van der Waals surface area contributed by atoms with Crippen molar-refractivity contribution in [1.82, 2.24) is 10.5 Å². The molecule has 1 saturated carbocycles. The number of nitrogens with one attached hydrogen (secondary N) is 1. The number of rotatable bonds is 5. The van der Waals surface area contributed by atoms with Crippen LogP contribution >= 0.6 is 0 Å². The summed E-state index contributed by atoms with van der Waals surface area (Å²) in [7, 11) is 0. The normalized spacial score (nSPS) is 26.2. The van der Waals surface area contributed by atoms with Crippen LogP contribution in [0.5, 0.6) is 5.88 Å². The first-order chi connectivity index (χ1) is 9.47. The zero-order valence-corrected chi connectivity index (χ0v) is 12.0. The molecule has 1 heterocycles. The minimum atomic E-state index is -0.780. The lowest BCUT2D eigenvalue weighted by molar-refractivity contribution is -0.125. The highest BCUT2D eigenvalue weighted by Gasteiger charge is 2.32. The molecule has 20 heavy (non-hydrogen) atoms. The summed E-state index contributed by atoms with van der Waals surface area (Å²) >= 11 is 0. The van der Waals surface area contributed by atoms with E-state index in [1.54, 1.807) is 13.0 Å². The Morgan fingerprint density at radius 1 is 1.70 bits per heavy atom. The molecule has 1 aromatic heterocycles. The van der Waals surface area contributed by atoms with Crippen molar-refractivity contribution in [3.63, 3.8) is 0 Å². The molecular weight excluding hydrogens is 260 g/mol. The van der Waals surface area contributed by atoms with E-state index in [1.807, 2.05) is 0 Å². The Kier molecular flexibility index (Phi) is 4.65. The van der Waals surface area contributed by atoms with E-state index in [9.17, 15) is 9.90 Å². The molecule has 1 amide bonds. The van der Waals surface area contributed by atoms with Crippen molar-refractivity contribution >= 4 is 5.91 Å². The van der Waals surface area contributed by atoms with Gasteiger partial charge in [-0.3, -0.25) is 4.79 Å². The number of carbonyl (C=O) groups excluding carboxylic acids is 1. The van der Waals surface area contributed by atoms with Crippen molar-refractivity contribution in [3.05, 3.63) is 11.8 Å². The third-order valence-electron chi connectivity index (χ3n) is 3.64. The third kappa shape index (κ3) is 4.23. The average Bonchev–Trinajstić information content (AvgIpc) is 2.80. The molecule has 2 rings (SSSR count). The summed E-state index contributed by atoms with van der Waals surface area (Å²) in [6, 6.07) is 1.61. The molecule has 1 fully saturated rings. The van der Waals surface area contributed by atoms with Gasteiger partial charge in [-0.25, -0.2) is 0 Å². The number of hydrogen-bond donors (Lipinski definition) is 2. The lowest BCUT2D eigenvalue weighted by Crippen LogP contribution is -2.46. The molecule has 0 bridgehead atoms. The van der Waals surface area contributed by atoms with Crippen LogP contribution in [-0.2, 0) is 4.79 Å². The van der Waals surface area contributed by atoms with E-state index in [0.717, 1.165) is 25.7 Å². The summed E-state index contributed by atoms with van der Waals surface area (Å²) in [5, 5.41) is 16.7.